The summed E-state index contributed by atoms with van der Waals surface area (Å²) in [6.45, 7) is 6.95. The highest BCUT2D eigenvalue weighted by Gasteiger charge is 2.72. The normalized spacial score (nSPS) is 63.7. The Morgan fingerprint density at radius 3 is 2.82 bits per heavy atom. The Bertz CT molecular complexity index is 404. The van der Waals surface area contributed by atoms with Crippen molar-refractivity contribution in [1.29, 1.82) is 0 Å². The predicted octanol–water partition coefficient (Wildman–Crippen LogP) is 3.01. The van der Waals surface area contributed by atoms with E-state index in [1.807, 2.05) is 0 Å². The molecule has 4 fully saturated rings. The summed E-state index contributed by atoms with van der Waals surface area (Å²) in [4.78, 5) is 11.8. The average molecular weight is 234 g/mol. The van der Waals surface area contributed by atoms with Crippen molar-refractivity contribution in [3.63, 3.8) is 0 Å². The van der Waals surface area contributed by atoms with Crippen LogP contribution in [0.3, 0.4) is 0 Å². The number of hydrogen-bond acceptors (Lipinski definition) is 2. The van der Waals surface area contributed by atoms with Gasteiger partial charge in [0.2, 0.25) is 0 Å². The molecule has 17 heavy (non-hydrogen) atoms. The van der Waals surface area contributed by atoms with Crippen LogP contribution in [0.25, 0.3) is 0 Å². The van der Waals surface area contributed by atoms with Crippen molar-refractivity contribution in [1.82, 2.24) is 0 Å². The van der Waals surface area contributed by atoms with Gasteiger partial charge in [-0.25, -0.2) is 0 Å². The third-order valence-corrected chi connectivity index (χ3v) is 6.70. The molecule has 4 rings (SSSR count). The van der Waals surface area contributed by atoms with Gasteiger partial charge in [0, 0.05) is 11.8 Å². The Morgan fingerprint density at radius 2 is 2.06 bits per heavy atom. The zero-order valence-corrected chi connectivity index (χ0v) is 11.0. The van der Waals surface area contributed by atoms with Crippen molar-refractivity contribution in [2.75, 3.05) is 0 Å². The minimum Gasteiger partial charge on any atom is -0.461 e. The summed E-state index contributed by atoms with van der Waals surface area (Å²) in [7, 11) is 0. The molecule has 1 heterocycles. The third-order valence-electron chi connectivity index (χ3n) is 6.70. The molecule has 2 nitrogen and oxygen atoms in total. The van der Waals surface area contributed by atoms with Gasteiger partial charge in [0.05, 0.1) is 5.92 Å². The van der Waals surface area contributed by atoms with Crippen LogP contribution in [0, 0.1) is 34.5 Å². The highest BCUT2D eigenvalue weighted by molar-refractivity contribution is 5.75. The number of carbonyl (C=O) groups excluding carboxylic acids is 1. The molecule has 3 aliphatic carbocycles. The topological polar surface area (TPSA) is 26.3 Å². The summed E-state index contributed by atoms with van der Waals surface area (Å²) in [5, 5.41) is 0. The second-order valence-corrected chi connectivity index (χ2v) is 7.64. The second-order valence-electron chi connectivity index (χ2n) is 7.64. The van der Waals surface area contributed by atoms with E-state index in [1.165, 1.54) is 25.7 Å². The summed E-state index contributed by atoms with van der Waals surface area (Å²) in [5.41, 5.74) is 0.964. The first kappa shape index (κ1) is 10.4. The Balaban J connectivity index is 1.74. The molecule has 0 unspecified atom stereocenters. The molecule has 4 aliphatic rings. The van der Waals surface area contributed by atoms with E-state index in [4.69, 9.17) is 4.74 Å². The molecular formula is C15H22O2. The highest BCUT2D eigenvalue weighted by atomic mass is 16.6. The number of rotatable bonds is 0. The first-order chi connectivity index (χ1) is 7.96. The lowest BCUT2D eigenvalue weighted by atomic mass is 9.59. The molecule has 0 aromatic heterocycles. The minimum absolute atomic E-state index is 0.0666. The quantitative estimate of drug-likeness (QED) is 0.602. The molecule has 0 N–H and O–H groups in total. The van der Waals surface area contributed by atoms with Crippen LogP contribution in [-0.2, 0) is 9.53 Å². The molecule has 2 heteroatoms. The van der Waals surface area contributed by atoms with Crippen molar-refractivity contribution in [2.45, 2.75) is 52.6 Å². The Labute approximate surface area is 103 Å². The SMILES string of the molecule is C[C@H]1C(=O)O[C@@H]2[C@H]1CC[C@]1(C)C[C@@H]3C[C@]3(C)[C@@H]21. The van der Waals surface area contributed by atoms with E-state index in [9.17, 15) is 4.79 Å². The minimum atomic E-state index is 0.0666. The van der Waals surface area contributed by atoms with Gasteiger partial charge in [-0.05, 0) is 42.4 Å². The first-order valence-corrected chi connectivity index (χ1v) is 7.16. The van der Waals surface area contributed by atoms with Crippen LogP contribution in [0.5, 0.6) is 0 Å². The van der Waals surface area contributed by atoms with Crippen LogP contribution in [0.1, 0.15) is 46.5 Å². The van der Waals surface area contributed by atoms with E-state index in [2.05, 4.69) is 20.8 Å². The maximum absolute atomic E-state index is 11.8. The largest absolute Gasteiger partial charge is 0.461 e. The van der Waals surface area contributed by atoms with E-state index in [-0.39, 0.29) is 18.0 Å². The highest BCUT2D eigenvalue weighted by Crippen LogP contribution is 2.76. The Kier molecular flexibility index (Phi) is 1.67. The van der Waals surface area contributed by atoms with E-state index in [0.717, 1.165) is 5.92 Å². The van der Waals surface area contributed by atoms with Crippen LogP contribution in [0.15, 0.2) is 0 Å². The lowest BCUT2D eigenvalue weighted by Crippen LogP contribution is -2.45. The van der Waals surface area contributed by atoms with Gasteiger partial charge in [0.25, 0.3) is 0 Å². The molecule has 94 valence electrons. The summed E-state index contributed by atoms with van der Waals surface area (Å²) in [6, 6.07) is 0. The number of ether oxygens (including phenoxy) is 1. The van der Waals surface area contributed by atoms with Crippen LogP contribution in [-0.4, -0.2) is 12.1 Å². The monoisotopic (exact) mass is 234 g/mol. The number of esters is 1. The molecule has 1 saturated heterocycles. The van der Waals surface area contributed by atoms with Gasteiger partial charge in [0.15, 0.2) is 0 Å². The summed E-state index contributed by atoms with van der Waals surface area (Å²) in [5.74, 6) is 2.29. The molecule has 0 spiro atoms. The van der Waals surface area contributed by atoms with Crippen LogP contribution in [0.4, 0.5) is 0 Å². The predicted molar refractivity (Wildman–Crippen MR) is 64.2 cm³/mol. The molecule has 0 radical (unpaired) electrons. The van der Waals surface area contributed by atoms with Crippen LogP contribution >= 0.6 is 0 Å². The third kappa shape index (κ3) is 1.06. The fourth-order valence-electron chi connectivity index (χ4n) is 5.69. The molecule has 0 bridgehead atoms. The maximum atomic E-state index is 11.8. The molecule has 0 aromatic rings. The zero-order chi connectivity index (χ0) is 12.0. The fraction of sp³-hybridized carbons (Fsp3) is 0.933. The summed E-state index contributed by atoms with van der Waals surface area (Å²) < 4.78 is 5.78. The molecule has 0 aromatic carbocycles. The summed E-state index contributed by atoms with van der Waals surface area (Å²) >= 11 is 0. The molecular weight excluding hydrogens is 212 g/mol. The number of fused-ring (bicyclic) bond motifs is 5. The maximum Gasteiger partial charge on any atom is 0.309 e. The van der Waals surface area contributed by atoms with Gasteiger partial charge in [-0.15, -0.1) is 0 Å². The van der Waals surface area contributed by atoms with E-state index in [1.54, 1.807) is 0 Å². The lowest BCUT2D eigenvalue weighted by molar-refractivity contribution is -0.149. The van der Waals surface area contributed by atoms with E-state index in [0.29, 0.717) is 22.7 Å². The first-order valence-electron chi connectivity index (χ1n) is 7.16. The van der Waals surface area contributed by atoms with Gasteiger partial charge in [-0.2, -0.15) is 0 Å². The van der Waals surface area contributed by atoms with E-state index >= 15 is 0 Å². The van der Waals surface area contributed by atoms with Gasteiger partial charge in [-0.1, -0.05) is 20.8 Å². The van der Waals surface area contributed by atoms with Crippen LogP contribution < -0.4 is 0 Å². The van der Waals surface area contributed by atoms with Gasteiger partial charge < -0.3 is 4.74 Å². The standard InChI is InChI=1S/C15H22O2/c1-8-10-4-5-14(2)6-9-7-15(9,3)12(14)11(10)17-13(8)16/h8-12H,4-7H2,1-3H3/t8-,9-,10+,11-,12+,14-,15+/m1/s1. The van der Waals surface area contributed by atoms with Crippen molar-refractivity contribution >= 4 is 5.97 Å². The zero-order valence-electron chi connectivity index (χ0n) is 11.0. The van der Waals surface area contributed by atoms with Gasteiger partial charge in [0.1, 0.15) is 6.10 Å². The van der Waals surface area contributed by atoms with Gasteiger partial charge >= 0.3 is 5.97 Å². The molecule has 1 aliphatic heterocycles. The van der Waals surface area contributed by atoms with Crippen molar-refractivity contribution in [3.8, 4) is 0 Å². The Hall–Kier alpha value is -0.530. The van der Waals surface area contributed by atoms with E-state index < -0.39 is 0 Å². The number of carbonyl (C=O) groups is 1. The van der Waals surface area contributed by atoms with Gasteiger partial charge in [-0.3, -0.25) is 4.79 Å². The van der Waals surface area contributed by atoms with Crippen molar-refractivity contribution in [3.05, 3.63) is 0 Å². The summed E-state index contributed by atoms with van der Waals surface area (Å²) in [6.07, 6.45) is 5.51. The van der Waals surface area contributed by atoms with Crippen molar-refractivity contribution in [2.24, 2.45) is 34.5 Å². The van der Waals surface area contributed by atoms with Crippen LogP contribution in [0.2, 0.25) is 0 Å². The molecule has 3 saturated carbocycles. The Morgan fingerprint density at radius 1 is 1.29 bits per heavy atom. The smallest absolute Gasteiger partial charge is 0.309 e. The fourth-order valence-corrected chi connectivity index (χ4v) is 5.69. The molecule has 0 amide bonds. The number of hydrogen-bond donors (Lipinski definition) is 0. The lowest BCUT2D eigenvalue weighted by Gasteiger charge is -2.46. The van der Waals surface area contributed by atoms with Crippen molar-refractivity contribution < 1.29 is 9.53 Å². The second kappa shape index (κ2) is 2.73. The average Bonchev–Trinajstić information content (AvgIpc) is 2.68. The molecule has 7 atom stereocenters.